The van der Waals surface area contributed by atoms with E-state index in [-0.39, 0.29) is 0 Å². The molecule has 4 heteroatoms. The van der Waals surface area contributed by atoms with Crippen molar-refractivity contribution in [2.45, 2.75) is 9.79 Å². The Kier molecular flexibility index (Phi) is 3.35. The molecule has 2 aromatic rings. The van der Waals surface area contributed by atoms with Gasteiger partial charge in [0.1, 0.15) is 0 Å². The van der Waals surface area contributed by atoms with Gasteiger partial charge in [-0.15, -0.1) is 0 Å². The summed E-state index contributed by atoms with van der Waals surface area (Å²) in [5, 5.41) is 9.05. The Morgan fingerprint density at radius 3 is 2.35 bits per heavy atom. The summed E-state index contributed by atoms with van der Waals surface area (Å²) in [5.41, 5.74) is 6.60. The third-order valence-electron chi connectivity index (χ3n) is 2.23. The summed E-state index contributed by atoms with van der Waals surface area (Å²) < 4.78 is 0. The second-order valence-corrected chi connectivity index (χ2v) is 4.59. The van der Waals surface area contributed by atoms with Crippen molar-refractivity contribution in [2.75, 3.05) is 5.73 Å². The van der Waals surface area contributed by atoms with E-state index in [1.165, 1.54) is 11.8 Å². The summed E-state index contributed by atoms with van der Waals surface area (Å²) in [5.74, 6) is -0.913. The van der Waals surface area contributed by atoms with Crippen LogP contribution >= 0.6 is 11.8 Å². The first-order valence-electron chi connectivity index (χ1n) is 5.02. The second-order valence-electron chi connectivity index (χ2n) is 3.47. The molecule has 0 saturated carbocycles. The smallest absolute Gasteiger partial charge is 0.336 e. The van der Waals surface area contributed by atoms with Crippen molar-refractivity contribution in [2.24, 2.45) is 0 Å². The summed E-state index contributed by atoms with van der Waals surface area (Å²) in [6.07, 6.45) is 0. The highest BCUT2D eigenvalue weighted by Crippen LogP contribution is 2.30. The molecule has 3 nitrogen and oxygen atoms in total. The lowest BCUT2D eigenvalue weighted by atomic mass is 10.2. The topological polar surface area (TPSA) is 63.3 Å². The molecule has 0 aromatic heterocycles. The minimum Gasteiger partial charge on any atom is -0.478 e. The standard InChI is InChI=1S/C13H11NO2S/c14-9-5-7-10(8-6-9)17-12-4-2-1-3-11(12)13(15)16/h1-8H,14H2,(H,15,16). The average molecular weight is 245 g/mol. The number of anilines is 1. The van der Waals surface area contributed by atoms with E-state index in [0.717, 1.165) is 9.79 Å². The van der Waals surface area contributed by atoms with Crippen LogP contribution in [0.25, 0.3) is 0 Å². The Morgan fingerprint density at radius 1 is 1.06 bits per heavy atom. The van der Waals surface area contributed by atoms with Crippen molar-refractivity contribution in [3.05, 3.63) is 54.1 Å². The van der Waals surface area contributed by atoms with Crippen molar-refractivity contribution < 1.29 is 9.90 Å². The first-order chi connectivity index (χ1) is 8.16. The molecule has 17 heavy (non-hydrogen) atoms. The fourth-order valence-corrected chi connectivity index (χ4v) is 2.33. The van der Waals surface area contributed by atoms with Gasteiger partial charge < -0.3 is 10.8 Å². The van der Waals surface area contributed by atoms with Crippen LogP contribution in [0.3, 0.4) is 0 Å². The van der Waals surface area contributed by atoms with Gasteiger partial charge in [-0.1, -0.05) is 23.9 Å². The van der Waals surface area contributed by atoms with E-state index in [9.17, 15) is 4.79 Å². The lowest BCUT2D eigenvalue weighted by molar-refractivity contribution is 0.0693. The molecule has 86 valence electrons. The van der Waals surface area contributed by atoms with Crippen molar-refractivity contribution >= 4 is 23.4 Å². The van der Waals surface area contributed by atoms with Gasteiger partial charge in [-0.2, -0.15) is 0 Å². The summed E-state index contributed by atoms with van der Waals surface area (Å²) >= 11 is 1.41. The lowest BCUT2D eigenvalue weighted by Crippen LogP contribution is -1.97. The van der Waals surface area contributed by atoms with Gasteiger partial charge in [0.2, 0.25) is 0 Å². The lowest BCUT2D eigenvalue weighted by Gasteiger charge is -2.05. The third kappa shape index (κ3) is 2.79. The highest BCUT2D eigenvalue weighted by molar-refractivity contribution is 7.99. The first kappa shape index (κ1) is 11.5. The van der Waals surface area contributed by atoms with E-state index in [2.05, 4.69) is 0 Å². The fraction of sp³-hybridized carbons (Fsp3) is 0. The fourth-order valence-electron chi connectivity index (χ4n) is 1.40. The number of rotatable bonds is 3. The van der Waals surface area contributed by atoms with Crippen LogP contribution in [0.5, 0.6) is 0 Å². The van der Waals surface area contributed by atoms with Gasteiger partial charge in [-0.25, -0.2) is 4.79 Å². The minimum atomic E-state index is -0.913. The monoisotopic (exact) mass is 245 g/mol. The molecular weight excluding hydrogens is 234 g/mol. The highest BCUT2D eigenvalue weighted by Gasteiger charge is 2.09. The number of carbonyl (C=O) groups is 1. The molecule has 0 bridgehead atoms. The van der Waals surface area contributed by atoms with Gasteiger partial charge in [-0.05, 0) is 36.4 Å². The van der Waals surface area contributed by atoms with Crippen LogP contribution in [0.1, 0.15) is 10.4 Å². The summed E-state index contributed by atoms with van der Waals surface area (Å²) in [6, 6.07) is 14.3. The summed E-state index contributed by atoms with van der Waals surface area (Å²) in [4.78, 5) is 12.7. The number of hydrogen-bond donors (Lipinski definition) is 2. The maximum atomic E-state index is 11.0. The van der Waals surface area contributed by atoms with Crippen LogP contribution in [0.4, 0.5) is 5.69 Å². The molecule has 0 aliphatic rings. The molecule has 0 aliphatic carbocycles. The number of carboxylic acid groups (broad SMARTS) is 1. The van der Waals surface area contributed by atoms with Crippen molar-refractivity contribution in [3.63, 3.8) is 0 Å². The number of aromatic carboxylic acids is 1. The number of carboxylic acids is 1. The molecule has 2 rings (SSSR count). The third-order valence-corrected chi connectivity index (χ3v) is 3.31. The Morgan fingerprint density at radius 2 is 1.71 bits per heavy atom. The van der Waals surface area contributed by atoms with Crippen LogP contribution in [-0.2, 0) is 0 Å². The van der Waals surface area contributed by atoms with E-state index in [0.29, 0.717) is 11.3 Å². The van der Waals surface area contributed by atoms with Crippen molar-refractivity contribution in [3.8, 4) is 0 Å². The zero-order valence-electron chi connectivity index (χ0n) is 8.96. The van der Waals surface area contributed by atoms with Crippen LogP contribution in [0, 0.1) is 0 Å². The number of nitrogen functional groups attached to an aromatic ring is 1. The number of nitrogens with two attached hydrogens (primary N) is 1. The predicted octanol–water partition coefficient (Wildman–Crippen LogP) is 3.12. The van der Waals surface area contributed by atoms with Crippen LogP contribution < -0.4 is 5.73 Å². The molecule has 0 spiro atoms. The summed E-state index contributed by atoms with van der Waals surface area (Å²) in [6.45, 7) is 0. The molecule has 0 fully saturated rings. The molecule has 0 amide bonds. The number of hydrogen-bond acceptors (Lipinski definition) is 3. The van der Waals surface area contributed by atoms with Gasteiger partial charge in [0.05, 0.1) is 5.56 Å². The molecule has 0 heterocycles. The molecule has 3 N–H and O–H groups in total. The van der Waals surface area contributed by atoms with Gasteiger partial charge >= 0.3 is 5.97 Å². The Labute approximate surface area is 103 Å². The molecule has 0 atom stereocenters. The molecule has 0 saturated heterocycles. The SMILES string of the molecule is Nc1ccc(Sc2ccccc2C(=O)O)cc1. The summed E-state index contributed by atoms with van der Waals surface area (Å²) in [7, 11) is 0. The maximum Gasteiger partial charge on any atom is 0.336 e. The predicted molar refractivity (Wildman–Crippen MR) is 68.4 cm³/mol. The highest BCUT2D eigenvalue weighted by atomic mass is 32.2. The molecule has 0 unspecified atom stereocenters. The van der Waals surface area contributed by atoms with Crippen LogP contribution in [0.2, 0.25) is 0 Å². The molecular formula is C13H11NO2S. The largest absolute Gasteiger partial charge is 0.478 e. The van der Waals surface area contributed by atoms with Crippen molar-refractivity contribution in [1.82, 2.24) is 0 Å². The minimum absolute atomic E-state index is 0.314. The van der Waals surface area contributed by atoms with Gasteiger partial charge in [0, 0.05) is 15.5 Å². The van der Waals surface area contributed by atoms with Gasteiger partial charge in [0.15, 0.2) is 0 Å². The Bertz CT molecular complexity index is 537. The zero-order valence-corrected chi connectivity index (χ0v) is 9.78. The molecule has 2 aromatic carbocycles. The van der Waals surface area contributed by atoms with E-state index >= 15 is 0 Å². The second kappa shape index (κ2) is 4.93. The van der Waals surface area contributed by atoms with Crippen LogP contribution in [-0.4, -0.2) is 11.1 Å². The zero-order chi connectivity index (χ0) is 12.3. The normalized spacial score (nSPS) is 10.1. The van der Waals surface area contributed by atoms with E-state index in [1.54, 1.807) is 30.3 Å². The van der Waals surface area contributed by atoms with Crippen LogP contribution in [0.15, 0.2) is 58.3 Å². The Hall–Kier alpha value is -1.94. The van der Waals surface area contributed by atoms with E-state index in [1.807, 2.05) is 18.2 Å². The molecule has 0 radical (unpaired) electrons. The first-order valence-corrected chi connectivity index (χ1v) is 5.84. The van der Waals surface area contributed by atoms with E-state index < -0.39 is 5.97 Å². The van der Waals surface area contributed by atoms with E-state index in [4.69, 9.17) is 10.8 Å². The Balaban J connectivity index is 2.30. The maximum absolute atomic E-state index is 11.0. The quantitative estimate of drug-likeness (QED) is 0.815. The van der Waals surface area contributed by atoms with Crippen molar-refractivity contribution in [1.29, 1.82) is 0 Å². The number of benzene rings is 2. The average Bonchev–Trinajstić information content (AvgIpc) is 2.32. The molecule has 0 aliphatic heterocycles. The van der Waals surface area contributed by atoms with Gasteiger partial charge in [0.25, 0.3) is 0 Å². The van der Waals surface area contributed by atoms with Gasteiger partial charge in [-0.3, -0.25) is 0 Å².